The fourth-order valence-electron chi connectivity index (χ4n) is 2.86. The smallest absolute Gasteiger partial charge is 0.225 e. The molecule has 6 heteroatoms. The van der Waals surface area contributed by atoms with Crippen molar-refractivity contribution >= 4 is 5.95 Å². The Labute approximate surface area is 124 Å². The second kappa shape index (κ2) is 5.44. The van der Waals surface area contributed by atoms with Crippen molar-refractivity contribution < 1.29 is 5.11 Å². The molecule has 2 heterocycles. The number of aliphatic hydroxyl groups excluding tert-OH is 1. The molecule has 0 bridgehead atoms. The van der Waals surface area contributed by atoms with Crippen LogP contribution >= 0.6 is 0 Å². The quantitative estimate of drug-likeness (QED) is 0.902. The predicted octanol–water partition coefficient (Wildman–Crippen LogP) is 1.48. The zero-order valence-corrected chi connectivity index (χ0v) is 12.5. The van der Waals surface area contributed by atoms with Gasteiger partial charge in [-0.2, -0.15) is 5.10 Å². The van der Waals surface area contributed by atoms with E-state index in [0.29, 0.717) is 5.95 Å². The summed E-state index contributed by atoms with van der Waals surface area (Å²) in [6, 6.07) is 1.89. The van der Waals surface area contributed by atoms with Gasteiger partial charge in [0.2, 0.25) is 5.95 Å². The number of rotatable bonds is 5. The number of aromatic nitrogens is 4. The zero-order chi connectivity index (χ0) is 14.9. The molecule has 0 radical (unpaired) electrons. The summed E-state index contributed by atoms with van der Waals surface area (Å²) in [6.45, 7) is 1.03. The predicted molar refractivity (Wildman–Crippen MR) is 80.9 cm³/mol. The van der Waals surface area contributed by atoms with Gasteiger partial charge >= 0.3 is 0 Å². The summed E-state index contributed by atoms with van der Waals surface area (Å²) >= 11 is 0. The lowest BCUT2D eigenvalue weighted by atomic mass is 9.69. The van der Waals surface area contributed by atoms with E-state index in [0.717, 1.165) is 30.6 Å². The summed E-state index contributed by atoms with van der Waals surface area (Å²) in [7, 11) is 3.87. The van der Waals surface area contributed by atoms with Crippen molar-refractivity contribution in [3.8, 4) is 11.3 Å². The third-order valence-electron chi connectivity index (χ3n) is 4.31. The average molecular weight is 287 g/mol. The van der Waals surface area contributed by atoms with Gasteiger partial charge < -0.3 is 10.0 Å². The minimum absolute atomic E-state index is 0.0302. The maximum atomic E-state index is 9.59. The summed E-state index contributed by atoms with van der Waals surface area (Å²) in [5, 5.41) is 13.8. The van der Waals surface area contributed by atoms with Gasteiger partial charge in [0.1, 0.15) is 0 Å². The van der Waals surface area contributed by atoms with E-state index in [2.05, 4.69) is 15.1 Å². The molecule has 0 aliphatic heterocycles. The van der Waals surface area contributed by atoms with Crippen molar-refractivity contribution in [1.29, 1.82) is 0 Å². The van der Waals surface area contributed by atoms with Crippen molar-refractivity contribution in [3.63, 3.8) is 0 Å². The summed E-state index contributed by atoms with van der Waals surface area (Å²) in [4.78, 5) is 11.0. The highest BCUT2D eigenvalue weighted by atomic mass is 16.3. The molecule has 2 aromatic heterocycles. The van der Waals surface area contributed by atoms with Crippen LogP contribution in [0, 0.1) is 5.41 Å². The molecule has 0 unspecified atom stereocenters. The van der Waals surface area contributed by atoms with Crippen LogP contribution in [0.25, 0.3) is 11.3 Å². The Morgan fingerprint density at radius 3 is 2.81 bits per heavy atom. The lowest BCUT2D eigenvalue weighted by Gasteiger charge is -2.42. The molecule has 0 atom stereocenters. The molecule has 1 aliphatic carbocycles. The maximum Gasteiger partial charge on any atom is 0.225 e. The van der Waals surface area contributed by atoms with Gasteiger partial charge in [-0.1, -0.05) is 6.42 Å². The molecule has 1 aliphatic rings. The molecule has 6 nitrogen and oxygen atoms in total. The minimum atomic E-state index is 0.0302. The largest absolute Gasteiger partial charge is 0.396 e. The average Bonchev–Trinajstić information content (AvgIpc) is 2.89. The van der Waals surface area contributed by atoms with Gasteiger partial charge in [-0.05, 0) is 18.9 Å². The third kappa shape index (κ3) is 2.76. The van der Waals surface area contributed by atoms with E-state index in [1.165, 1.54) is 6.42 Å². The summed E-state index contributed by atoms with van der Waals surface area (Å²) in [5.74, 6) is 0.691. The number of anilines is 1. The van der Waals surface area contributed by atoms with E-state index in [9.17, 15) is 5.11 Å². The minimum Gasteiger partial charge on any atom is -0.396 e. The molecule has 3 rings (SSSR count). The van der Waals surface area contributed by atoms with E-state index >= 15 is 0 Å². The fraction of sp³-hybridized carbons (Fsp3) is 0.533. The molecular weight excluding hydrogens is 266 g/mol. The molecule has 112 valence electrons. The van der Waals surface area contributed by atoms with Crippen LogP contribution in [0.4, 0.5) is 5.95 Å². The van der Waals surface area contributed by atoms with Crippen molar-refractivity contribution in [2.24, 2.45) is 12.5 Å². The number of aliphatic hydroxyl groups is 1. The Bertz CT molecular complexity index is 615. The normalized spacial score (nSPS) is 16.5. The van der Waals surface area contributed by atoms with Crippen molar-refractivity contribution in [3.05, 3.63) is 24.7 Å². The number of aryl methyl sites for hydroxylation is 1. The van der Waals surface area contributed by atoms with Crippen LogP contribution in [0.5, 0.6) is 0 Å². The molecular formula is C15H21N5O. The fourth-order valence-corrected chi connectivity index (χ4v) is 2.86. The number of nitrogens with zero attached hydrogens (tertiary/aromatic N) is 5. The topological polar surface area (TPSA) is 67.1 Å². The molecule has 21 heavy (non-hydrogen) atoms. The van der Waals surface area contributed by atoms with E-state index in [4.69, 9.17) is 0 Å². The number of hydrogen-bond donors (Lipinski definition) is 1. The van der Waals surface area contributed by atoms with Crippen LogP contribution in [-0.4, -0.2) is 45.1 Å². The van der Waals surface area contributed by atoms with Gasteiger partial charge in [-0.3, -0.25) is 4.68 Å². The van der Waals surface area contributed by atoms with Crippen LogP contribution in [0.2, 0.25) is 0 Å². The summed E-state index contributed by atoms with van der Waals surface area (Å²) in [5.41, 5.74) is 1.88. The SMILES string of the molecule is CN(CC1(CO)CCC1)c1nccc(-c2cnn(C)c2)n1. The first-order valence-electron chi connectivity index (χ1n) is 7.26. The lowest BCUT2D eigenvalue weighted by molar-refractivity contribution is 0.0521. The first-order chi connectivity index (χ1) is 10.1. The Morgan fingerprint density at radius 2 is 2.24 bits per heavy atom. The Kier molecular flexibility index (Phi) is 3.63. The van der Waals surface area contributed by atoms with Crippen LogP contribution in [-0.2, 0) is 7.05 Å². The standard InChI is InChI=1S/C15H21N5O/c1-19(10-15(11-21)5-3-6-15)14-16-7-4-13(18-14)12-8-17-20(2)9-12/h4,7-9,21H,3,5-6,10-11H2,1-2H3. The van der Waals surface area contributed by atoms with Crippen LogP contribution in [0.3, 0.4) is 0 Å². The van der Waals surface area contributed by atoms with Gasteiger partial charge in [-0.25, -0.2) is 9.97 Å². The molecule has 0 saturated heterocycles. The molecule has 1 saturated carbocycles. The molecule has 0 aromatic carbocycles. The van der Waals surface area contributed by atoms with Crippen LogP contribution < -0.4 is 4.90 Å². The molecule has 1 N–H and O–H groups in total. The Morgan fingerprint density at radius 1 is 1.43 bits per heavy atom. The second-order valence-electron chi connectivity index (χ2n) is 6.01. The Balaban J connectivity index is 1.79. The molecule has 0 spiro atoms. The van der Waals surface area contributed by atoms with E-state index in [1.807, 2.05) is 31.3 Å². The van der Waals surface area contributed by atoms with Crippen LogP contribution in [0.1, 0.15) is 19.3 Å². The third-order valence-corrected chi connectivity index (χ3v) is 4.31. The molecule has 0 amide bonds. The van der Waals surface area contributed by atoms with E-state index in [-0.39, 0.29) is 12.0 Å². The summed E-state index contributed by atoms with van der Waals surface area (Å²) < 4.78 is 1.76. The van der Waals surface area contributed by atoms with Gasteiger partial charge in [0, 0.05) is 44.0 Å². The van der Waals surface area contributed by atoms with Crippen molar-refractivity contribution in [1.82, 2.24) is 19.7 Å². The maximum absolute atomic E-state index is 9.59. The van der Waals surface area contributed by atoms with Gasteiger partial charge in [-0.15, -0.1) is 0 Å². The molecule has 2 aromatic rings. The first kappa shape index (κ1) is 14.0. The molecule has 1 fully saturated rings. The van der Waals surface area contributed by atoms with Crippen molar-refractivity contribution in [2.45, 2.75) is 19.3 Å². The number of hydrogen-bond acceptors (Lipinski definition) is 5. The van der Waals surface area contributed by atoms with Gasteiger partial charge in [0.25, 0.3) is 0 Å². The second-order valence-corrected chi connectivity index (χ2v) is 6.01. The van der Waals surface area contributed by atoms with E-state index in [1.54, 1.807) is 17.1 Å². The highest BCUT2D eigenvalue weighted by Crippen LogP contribution is 2.41. The summed E-state index contributed by atoms with van der Waals surface area (Å²) in [6.07, 6.45) is 8.87. The first-order valence-corrected chi connectivity index (χ1v) is 7.26. The lowest BCUT2D eigenvalue weighted by Crippen LogP contribution is -2.44. The van der Waals surface area contributed by atoms with E-state index < -0.39 is 0 Å². The monoisotopic (exact) mass is 287 g/mol. The van der Waals surface area contributed by atoms with Crippen molar-refractivity contribution in [2.75, 3.05) is 25.1 Å². The van der Waals surface area contributed by atoms with Gasteiger partial charge in [0.05, 0.1) is 18.5 Å². The highest BCUT2D eigenvalue weighted by Gasteiger charge is 2.37. The van der Waals surface area contributed by atoms with Crippen LogP contribution in [0.15, 0.2) is 24.7 Å². The highest BCUT2D eigenvalue weighted by molar-refractivity contribution is 5.58. The van der Waals surface area contributed by atoms with Gasteiger partial charge in [0.15, 0.2) is 0 Å². The zero-order valence-electron chi connectivity index (χ0n) is 12.5. The Hall–Kier alpha value is -1.95.